The van der Waals surface area contributed by atoms with Gasteiger partial charge in [0.05, 0.1) is 10.4 Å². The van der Waals surface area contributed by atoms with Gasteiger partial charge in [0.25, 0.3) is 0 Å². The molecular weight excluding hydrogens is 376 g/mol. The lowest BCUT2D eigenvalue weighted by atomic mass is 9.99. The number of nitrogens with zero attached hydrogens (tertiary/aromatic N) is 3. The van der Waals surface area contributed by atoms with Gasteiger partial charge >= 0.3 is 0 Å². The van der Waals surface area contributed by atoms with Crippen molar-refractivity contribution in [3.8, 4) is 0 Å². The van der Waals surface area contributed by atoms with Crippen LogP contribution < -0.4 is 5.73 Å². The molecule has 0 bridgehead atoms. The quantitative estimate of drug-likeness (QED) is 0.849. The molecule has 1 aliphatic heterocycles. The molecule has 1 saturated carbocycles. The van der Waals surface area contributed by atoms with Crippen molar-refractivity contribution in [2.45, 2.75) is 55.0 Å². The van der Waals surface area contributed by atoms with E-state index in [1.165, 1.54) is 4.31 Å². The maximum absolute atomic E-state index is 13.0. The Hall–Kier alpha value is -1.48. The highest BCUT2D eigenvalue weighted by molar-refractivity contribution is 7.89. The van der Waals surface area contributed by atoms with Crippen LogP contribution in [0.2, 0.25) is 0 Å². The number of halogens is 1. The summed E-state index contributed by atoms with van der Waals surface area (Å²) in [6.45, 7) is 0.452. The fourth-order valence-corrected chi connectivity index (χ4v) is 5.48. The van der Waals surface area contributed by atoms with Crippen molar-refractivity contribution in [3.05, 3.63) is 42.0 Å². The summed E-state index contributed by atoms with van der Waals surface area (Å²) < 4.78 is 32.8. The highest BCUT2D eigenvalue weighted by Gasteiger charge is 2.41. The predicted molar refractivity (Wildman–Crippen MR) is 98.2 cm³/mol. The molecule has 1 aromatic carbocycles. The van der Waals surface area contributed by atoms with E-state index in [-0.39, 0.29) is 17.3 Å². The zero-order chi connectivity index (χ0) is 17.5. The lowest BCUT2D eigenvalue weighted by molar-refractivity contribution is 0.285. The molecule has 142 valence electrons. The second-order valence-electron chi connectivity index (χ2n) is 6.91. The third-order valence-corrected chi connectivity index (χ3v) is 7.14. The highest BCUT2D eigenvalue weighted by atomic mass is 35.5. The summed E-state index contributed by atoms with van der Waals surface area (Å²) in [5.41, 5.74) is 5.85. The Morgan fingerprint density at radius 1 is 1.15 bits per heavy atom. The van der Waals surface area contributed by atoms with E-state index in [0.29, 0.717) is 24.7 Å². The minimum atomic E-state index is -3.59. The molecule has 2 aromatic rings. The SMILES string of the molecule is Cl.NC1(c2noc(C3CCCN3S(=O)(=O)c3ccccc3)n2)CCCC1. The van der Waals surface area contributed by atoms with Crippen LogP contribution in [0.25, 0.3) is 0 Å². The van der Waals surface area contributed by atoms with Crippen molar-refractivity contribution in [2.24, 2.45) is 5.73 Å². The first-order chi connectivity index (χ1) is 12.0. The van der Waals surface area contributed by atoms with E-state index in [0.717, 1.165) is 32.1 Å². The van der Waals surface area contributed by atoms with E-state index >= 15 is 0 Å². The van der Waals surface area contributed by atoms with Crippen molar-refractivity contribution in [1.82, 2.24) is 14.4 Å². The zero-order valence-electron chi connectivity index (χ0n) is 14.4. The number of aromatic nitrogens is 2. The Bertz CT molecular complexity index is 850. The largest absolute Gasteiger partial charge is 0.337 e. The summed E-state index contributed by atoms with van der Waals surface area (Å²) in [7, 11) is -3.59. The summed E-state index contributed by atoms with van der Waals surface area (Å²) in [4.78, 5) is 4.78. The Morgan fingerprint density at radius 2 is 1.85 bits per heavy atom. The smallest absolute Gasteiger partial charge is 0.245 e. The fraction of sp³-hybridized carbons (Fsp3) is 0.529. The molecule has 1 unspecified atom stereocenters. The first-order valence-corrected chi connectivity index (χ1v) is 10.1. The first-order valence-electron chi connectivity index (χ1n) is 8.71. The maximum Gasteiger partial charge on any atom is 0.245 e. The van der Waals surface area contributed by atoms with Gasteiger partial charge in [-0.1, -0.05) is 36.2 Å². The van der Waals surface area contributed by atoms with Crippen LogP contribution in [0.5, 0.6) is 0 Å². The van der Waals surface area contributed by atoms with Gasteiger partial charge in [-0.25, -0.2) is 8.42 Å². The molecule has 0 radical (unpaired) electrons. The van der Waals surface area contributed by atoms with Crippen LogP contribution in [0, 0.1) is 0 Å². The monoisotopic (exact) mass is 398 g/mol. The van der Waals surface area contributed by atoms with Crippen LogP contribution in [0.1, 0.15) is 56.3 Å². The topological polar surface area (TPSA) is 102 Å². The van der Waals surface area contributed by atoms with E-state index in [1.54, 1.807) is 30.3 Å². The van der Waals surface area contributed by atoms with Crippen molar-refractivity contribution >= 4 is 22.4 Å². The lowest BCUT2D eigenvalue weighted by Gasteiger charge is -2.21. The molecule has 2 N–H and O–H groups in total. The average Bonchev–Trinajstić information content (AvgIpc) is 3.35. The van der Waals surface area contributed by atoms with Gasteiger partial charge in [0.15, 0.2) is 5.82 Å². The summed E-state index contributed by atoms with van der Waals surface area (Å²) in [6, 6.07) is 8.04. The molecule has 1 atom stereocenters. The van der Waals surface area contributed by atoms with Crippen LogP contribution >= 0.6 is 12.4 Å². The molecule has 26 heavy (non-hydrogen) atoms. The third-order valence-electron chi connectivity index (χ3n) is 5.22. The minimum absolute atomic E-state index is 0. The number of rotatable bonds is 4. The number of sulfonamides is 1. The Morgan fingerprint density at radius 3 is 2.54 bits per heavy atom. The predicted octanol–water partition coefficient (Wildman–Crippen LogP) is 2.75. The average molecular weight is 399 g/mol. The Balaban J connectivity index is 0.00000196. The first kappa shape index (κ1) is 19.3. The molecule has 1 aromatic heterocycles. The lowest BCUT2D eigenvalue weighted by Crippen LogP contribution is -2.34. The van der Waals surface area contributed by atoms with Crippen LogP contribution in [-0.2, 0) is 15.6 Å². The maximum atomic E-state index is 13.0. The molecule has 4 rings (SSSR count). The van der Waals surface area contributed by atoms with Gasteiger partial charge in [-0.3, -0.25) is 0 Å². The second kappa shape index (κ2) is 7.26. The Labute approximate surface area is 159 Å². The van der Waals surface area contributed by atoms with Crippen molar-refractivity contribution in [1.29, 1.82) is 0 Å². The van der Waals surface area contributed by atoms with Crippen LogP contribution in [0.4, 0.5) is 0 Å². The van der Waals surface area contributed by atoms with Gasteiger partial charge in [-0.05, 0) is 37.8 Å². The summed E-state index contributed by atoms with van der Waals surface area (Å²) in [5, 5.41) is 4.07. The normalized spacial score (nSPS) is 23.0. The second-order valence-corrected chi connectivity index (χ2v) is 8.80. The number of benzene rings is 1. The standard InChI is InChI=1S/C17H22N4O3S.ClH/c18-17(10-4-5-11-17)16-19-15(24-20-16)14-9-6-12-21(14)25(22,23)13-7-2-1-3-8-13;/h1-3,7-8,14H,4-6,9-12,18H2;1H. The van der Waals surface area contributed by atoms with Gasteiger partial charge < -0.3 is 10.3 Å². The molecule has 9 heteroatoms. The van der Waals surface area contributed by atoms with E-state index < -0.39 is 21.6 Å². The molecule has 2 fully saturated rings. The van der Waals surface area contributed by atoms with Gasteiger partial charge in [-0.15, -0.1) is 12.4 Å². The Kier molecular flexibility index (Phi) is 5.39. The molecule has 0 amide bonds. The van der Waals surface area contributed by atoms with Crippen LogP contribution in [0.15, 0.2) is 39.8 Å². The molecule has 7 nitrogen and oxygen atoms in total. The van der Waals surface area contributed by atoms with Gasteiger partial charge in [0, 0.05) is 6.54 Å². The third kappa shape index (κ3) is 3.26. The number of hydrogen-bond acceptors (Lipinski definition) is 6. The number of nitrogens with two attached hydrogens (primary N) is 1. The van der Waals surface area contributed by atoms with Crippen molar-refractivity contribution in [3.63, 3.8) is 0 Å². The van der Waals surface area contributed by atoms with Gasteiger partial charge in [0.1, 0.15) is 6.04 Å². The molecular formula is C17H23ClN4O3S. The number of hydrogen-bond donors (Lipinski definition) is 1. The summed E-state index contributed by atoms with van der Waals surface area (Å²) >= 11 is 0. The molecule has 1 aliphatic carbocycles. The zero-order valence-corrected chi connectivity index (χ0v) is 16.0. The van der Waals surface area contributed by atoms with E-state index in [4.69, 9.17) is 10.3 Å². The minimum Gasteiger partial charge on any atom is -0.337 e. The van der Waals surface area contributed by atoms with Crippen LogP contribution in [-0.4, -0.2) is 29.4 Å². The van der Waals surface area contributed by atoms with Gasteiger partial charge in [0.2, 0.25) is 15.9 Å². The van der Waals surface area contributed by atoms with Gasteiger partial charge in [-0.2, -0.15) is 9.29 Å². The molecule has 2 aliphatic rings. The summed E-state index contributed by atoms with van der Waals surface area (Å²) in [6.07, 6.45) is 5.22. The van der Waals surface area contributed by atoms with E-state index in [9.17, 15) is 8.42 Å². The summed E-state index contributed by atoms with van der Waals surface area (Å²) in [5.74, 6) is 0.854. The van der Waals surface area contributed by atoms with E-state index in [2.05, 4.69) is 10.1 Å². The van der Waals surface area contributed by atoms with E-state index in [1.807, 2.05) is 0 Å². The molecule has 2 heterocycles. The fourth-order valence-electron chi connectivity index (χ4n) is 3.80. The van der Waals surface area contributed by atoms with Crippen molar-refractivity contribution < 1.29 is 12.9 Å². The van der Waals surface area contributed by atoms with Crippen LogP contribution in [0.3, 0.4) is 0 Å². The molecule has 1 saturated heterocycles. The highest BCUT2D eigenvalue weighted by Crippen LogP contribution is 2.38. The molecule has 0 spiro atoms. The van der Waals surface area contributed by atoms with Crippen molar-refractivity contribution in [2.75, 3.05) is 6.54 Å².